The van der Waals surface area contributed by atoms with E-state index < -0.39 is 0 Å². The zero-order valence-electron chi connectivity index (χ0n) is 11.4. The van der Waals surface area contributed by atoms with Gasteiger partial charge in [0.15, 0.2) is 0 Å². The van der Waals surface area contributed by atoms with E-state index in [2.05, 4.69) is 51.9 Å². The Kier molecular flexibility index (Phi) is 4.01. The summed E-state index contributed by atoms with van der Waals surface area (Å²) in [6.45, 7) is 5.34. The number of piperazine rings is 1. The van der Waals surface area contributed by atoms with Crippen LogP contribution in [0.3, 0.4) is 0 Å². The van der Waals surface area contributed by atoms with Crippen LogP contribution < -0.4 is 10.6 Å². The van der Waals surface area contributed by atoms with Crippen LogP contribution in [-0.4, -0.2) is 54.7 Å². The Morgan fingerprint density at radius 3 is 2.42 bits per heavy atom. The van der Waals surface area contributed by atoms with Gasteiger partial charge in [0.05, 0.1) is 0 Å². The molecule has 0 amide bonds. The lowest BCUT2D eigenvalue weighted by Gasteiger charge is -2.45. The summed E-state index contributed by atoms with van der Waals surface area (Å²) in [5.74, 6) is 2.49. The summed E-state index contributed by atoms with van der Waals surface area (Å²) in [4.78, 5) is 5.13. The van der Waals surface area contributed by atoms with Crippen molar-refractivity contribution in [2.75, 3.05) is 49.1 Å². The van der Waals surface area contributed by atoms with Gasteiger partial charge in [-0.25, -0.2) is 0 Å². The van der Waals surface area contributed by atoms with Gasteiger partial charge in [0.25, 0.3) is 0 Å². The normalized spacial score (nSPS) is 28.8. The number of hydrogen-bond acceptors (Lipinski definition) is 4. The molecular formula is C15H23N3S. The topological polar surface area (TPSA) is 32.5 Å². The first-order chi connectivity index (χ1) is 9.34. The van der Waals surface area contributed by atoms with Gasteiger partial charge in [-0.1, -0.05) is 18.2 Å². The van der Waals surface area contributed by atoms with Crippen LogP contribution in [-0.2, 0) is 0 Å². The second-order valence-electron chi connectivity index (χ2n) is 5.54. The van der Waals surface area contributed by atoms with Gasteiger partial charge in [0, 0.05) is 49.7 Å². The van der Waals surface area contributed by atoms with Crippen LogP contribution in [0.1, 0.15) is 6.42 Å². The van der Waals surface area contributed by atoms with Crippen molar-refractivity contribution in [1.82, 2.24) is 4.90 Å². The minimum absolute atomic E-state index is 0.285. The van der Waals surface area contributed by atoms with Gasteiger partial charge in [0.1, 0.15) is 0 Å². The van der Waals surface area contributed by atoms with Gasteiger partial charge >= 0.3 is 0 Å². The van der Waals surface area contributed by atoms with E-state index in [0.29, 0.717) is 0 Å². The summed E-state index contributed by atoms with van der Waals surface area (Å²) in [5, 5.41) is 0. The number of hydrogen-bond donors (Lipinski definition) is 1. The first-order valence-corrected chi connectivity index (χ1v) is 8.32. The van der Waals surface area contributed by atoms with Crippen LogP contribution in [0.25, 0.3) is 0 Å². The maximum atomic E-state index is 6.08. The van der Waals surface area contributed by atoms with E-state index in [1.54, 1.807) is 0 Å². The molecule has 2 fully saturated rings. The van der Waals surface area contributed by atoms with E-state index in [0.717, 1.165) is 32.7 Å². The average Bonchev–Trinajstić information content (AvgIpc) is 2.98. The zero-order chi connectivity index (χ0) is 13.1. The van der Waals surface area contributed by atoms with Crippen LogP contribution in [0.2, 0.25) is 0 Å². The molecular weight excluding hydrogens is 254 g/mol. The van der Waals surface area contributed by atoms with Crippen molar-refractivity contribution < 1.29 is 0 Å². The highest BCUT2D eigenvalue weighted by Gasteiger charge is 2.39. The predicted octanol–water partition coefficient (Wildman–Crippen LogP) is 1.64. The van der Waals surface area contributed by atoms with Crippen LogP contribution >= 0.6 is 11.8 Å². The summed E-state index contributed by atoms with van der Waals surface area (Å²) in [6.07, 6.45) is 1.26. The number of nitrogens with zero attached hydrogens (tertiary/aromatic N) is 2. The lowest BCUT2D eigenvalue weighted by atomic mass is 9.95. The third kappa shape index (κ3) is 2.62. The van der Waals surface area contributed by atoms with E-state index in [9.17, 15) is 0 Å². The van der Waals surface area contributed by atoms with Gasteiger partial charge in [-0.3, -0.25) is 4.90 Å². The number of rotatable bonds is 3. The molecule has 2 heterocycles. The van der Waals surface area contributed by atoms with Crippen molar-refractivity contribution in [1.29, 1.82) is 0 Å². The van der Waals surface area contributed by atoms with Crippen molar-refractivity contribution in [3.05, 3.63) is 30.3 Å². The van der Waals surface area contributed by atoms with E-state index >= 15 is 0 Å². The monoisotopic (exact) mass is 277 g/mol. The molecule has 1 aromatic rings. The molecule has 0 aromatic heterocycles. The first kappa shape index (κ1) is 13.3. The highest BCUT2D eigenvalue weighted by molar-refractivity contribution is 7.99. The molecule has 1 atom stereocenters. The molecule has 0 bridgehead atoms. The Morgan fingerprint density at radius 2 is 1.84 bits per heavy atom. The molecule has 2 saturated heterocycles. The second kappa shape index (κ2) is 5.73. The molecule has 1 aromatic carbocycles. The van der Waals surface area contributed by atoms with Gasteiger partial charge in [-0.05, 0) is 24.3 Å². The molecule has 2 aliphatic heterocycles. The molecule has 2 N–H and O–H groups in total. The van der Waals surface area contributed by atoms with Gasteiger partial charge in [-0.15, -0.1) is 0 Å². The summed E-state index contributed by atoms with van der Waals surface area (Å²) < 4.78 is 0. The minimum atomic E-state index is 0.285. The van der Waals surface area contributed by atoms with Crippen molar-refractivity contribution in [3.8, 4) is 0 Å². The quantitative estimate of drug-likeness (QED) is 0.910. The molecule has 3 nitrogen and oxygen atoms in total. The fourth-order valence-corrected chi connectivity index (χ4v) is 4.71. The Balaban J connectivity index is 1.63. The molecule has 0 spiro atoms. The smallest absolute Gasteiger partial charge is 0.0431 e. The Hall–Kier alpha value is -0.710. The van der Waals surface area contributed by atoms with E-state index in [4.69, 9.17) is 5.73 Å². The molecule has 1 unspecified atom stereocenters. The molecule has 0 saturated carbocycles. The largest absolute Gasteiger partial charge is 0.369 e. The third-order valence-electron chi connectivity index (χ3n) is 4.53. The van der Waals surface area contributed by atoms with Crippen LogP contribution in [0.4, 0.5) is 5.69 Å². The molecule has 3 rings (SSSR count). The number of thioether (sulfide) groups is 1. The van der Waals surface area contributed by atoms with Crippen LogP contribution in [0.5, 0.6) is 0 Å². The first-order valence-electron chi connectivity index (χ1n) is 7.17. The second-order valence-corrected chi connectivity index (χ2v) is 6.65. The molecule has 4 heteroatoms. The van der Waals surface area contributed by atoms with Crippen molar-refractivity contribution in [2.45, 2.75) is 12.0 Å². The minimum Gasteiger partial charge on any atom is -0.369 e. The summed E-state index contributed by atoms with van der Waals surface area (Å²) in [5.41, 5.74) is 7.71. The Morgan fingerprint density at radius 1 is 1.11 bits per heavy atom. The highest BCUT2D eigenvalue weighted by Crippen LogP contribution is 2.33. The number of nitrogens with two attached hydrogens (primary N) is 1. The van der Waals surface area contributed by atoms with Crippen molar-refractivity contribution >= 4 is 17.4 Å². The lowest BCUT2D eigenvalue weighted by Crippen LogP contribution is -2.60. The van der Waals surface area contributed by atoms with Crippen LogP contribution in [0, 0.1) is 0 Å². The fourth-order valence-electron chi connectivity index (χ4n) is 3.21. The van der Waals surface area contributed by atoms with Gasteiger partial charge < -0.3 is 10.6 Å². The fraction of sp³-hybridized carbons (Fsp3) is 0.600. The maximum absolute atomic E-state index is 6.08. The number of benzene rings is 1. The van der Waals surface area contributed by atoms with Crippen LogP contribution in [0.15, 0.2) is 30.3 Å². The average molecular weight is 277 g/mol. The molecule has 104 valence electrons. The third-order valence-corrected chi connectivity index (χ3v) is 5.77. The standard InChI is InChI=1S/C15H23N3S/c16-12-15(6-11-19-13-15)18-9-7-17(8-10-18)14-4-2-1-3-5-14/h1-5H,6-13,16H2. The summed E-state index contributed by atoms with van der Waals surface area (Å²) >= 11 is 2.06. The van der Waals surface area contributed by atoms with Gasteiger partial charge in [-0.2, -0.15) is 11.8 Å². The molecule has 19 heavy (non-hydrogen) atoms. The number of para-hydroxylation sites is 1. The van der Waals surface area contributed by atoms with Crippen molar-refractivity contribution in [2.24, 2.45) is 5.73 Å². The van der Waals surface area contributed by atoms with E-state index in [1.165, 1.54) is 23.6 Å². The van der Waals surface area contributed by atoms with E-state index in [-0.39, 0.29) is 5.54 Å². The summed E-state index contributed by atoms with van der Waals surface area (Å²) in [6, 6.07) is 10.7. The molecule has 0 radical (unpaired) electrons. The Bertz CT molecular complexity index is 395. The zero-order valence-corrected chi connectivity index (χ0v) is 12.2. The van der Waals surface area contributed by atoms with Crippen molar-refractivity contribution in [3.63, 3.8) is 0 Å². The Labute approximate surface area is 120 Å². The molecule has 2 aliphatic rings. The summed E-state index contributed by atoms with van der Waals surface area (Å²) in [7, 11) is 0. The SMILES string of the molecule is NCC1(N2CCN(c3ccccc3)CC2)CCSC1. The molecule has 0 aliphatic carbocycles. The highest BCUT2D eigenvalue weighted by atomic mass is 32.2. The number of anilines is 1. The van der Waals surface area contributed by atoms with E-state index in [1.807, 2.05) is 0 Å². The predicted molar refractivity (Wildman–Crippen MR) is 84.0 cm³/mol. The maximum Gasteiger partial charge on any atom is 0.0431 e. The van der Waals surface area contributed by atoms with Gasteiger partial charge in [0.2, 0.25) is 0 Å². The lowest BCUT2D eigenvalue weighted by molar-refractivity contribution is 0.109.